The average Bonchev–Trinajstić information content (AvgIpc) is 3.32. The van der Waals surface area contributed by atoms with Gasteiger partial charge in [-0.05, 0) is 30.2 Å². The molecular weight excluding hydrogens is 430 g/mol. The second kappa shape index (κ2) is 7.68. The maximum absolute atomic E-state index is 13.1. The molecule has 0 aliphatic carbocycles. The third kappa shape index (κ3) is 3.54. The Labute approximate surface area is 178 Å². The summed E-state index contributed by atoms with van der Waals surface area (Å²) in [5.41, 5.74) is 0.897. The molecule has 0 bridgehead atoms. The number of rotatable bonds is 4. The topological polar surface area (TPSA) is 70.6 Å². The first kappa shape index (κ1) is 20.3. The second-order valence-electron chi connectivity index (χ2n) is 7.18. The molecule has 1 aliphatic rings. The highest BCUT2D eigenvalue weighted by Crippen LogP contribution is 2.41. The number of carbonyl (C=O) groups excluding carboxylic acids is 1. The van der Waals surface area contributed by atoms with E-state index in [0.717, 1.165) is 15.8 Å². The van der Waals surface area contributed by atoms with Gasteiger partial charge in [0.1, 0.15) is 9.73 Å². The van der Waals surface area contributed by atoms with Gasteiger partial charge in [-0.3, -0.25) is 4.79 Å². The van der Waals surface area contributed by atoms with Gasteiger partial charge in [-0.25, -0.2) is 13.4 Å². The lowest BCUT2D eigenvalue weighted by atomic mass is 9.95. The van der Waals surface area contributed by atoms with E-state index in [1.165, 1.54) is 21.7 Å². The quantitative estimate of drug-likeness (QED) is 0.607. The fraction of sp³-hybridized carbons (Fsp3) is 0.300. The van der Waals surface area contributed by atoms with Crippen molar-refractivity contribution in [1.29, 1.82) is 0 Å². The maximum Gasteiger partial charge on any atom is 0.263 e. The lowest BCUT2D eigenvalue weighted by Gasteiger charge is -2.18. The lowest BCUT2D eigenvalue weighted by molar-refractivity contribution is 0.0831. The van der Waals surface area contributed by atoms with Crippen molar-refractivity contribution >= 4 is 49.1 Å². The summed E-state index contributed by atoms with van der Waals surface area (Å²) >= 11 is 7.50. The summed E-state index contributed by atoms with van der Waals surface area (Å²) in [5.74, 6) is -0.167. The highest BCUT2D eigenvalue weighted by atomic mass is 35.5. The van der Waals surface area contributed by atoms with Crippen LogP contribution in [-0.4, -0.2) is 55.7 Å². The number of sulfonamides is 1. The van der Waals surface area contributed by atoms with Crippen molar-refractivity contribution in [1.82, 2.24) is 14.2 Å². The number of fused-ring (bicyclic) bond motifs is 1. The molecule has 1 atom stereocenters. The molecule has 152 valence electrons. The van der Waals surface area contributed by atoms with E-state index in [1.54, 1.807) is 43.4 Å². The van der Waals surface area contributed by atoms with Gasteiger partial charge in [-0.15, -0.1) is 11.3 Å². The van der Waals surface area contributed by atoms with Crippen molar-refractivity contribution in [3.05, 3.63) is 58.1 Å². The smallest absolute Gasteiger partial charge is 0.263 e. The molecule has 1 aromatic carbocycles. The van der Waals surface area contributed by atoms with Crippen LogP contribution in [0.25, 0.3) is 10.2 Å². The normalized spacial score (nSPS) is 17.7. The molecule has 2 aromatic heterocycles. The van der Waals surface area contributed by atoms with Gasteiger partial charge < -0.3 is 4.90 Å². The summed E-state index contributed by atoms with van der Waals surface area (Å²) in [5, 5.41) is 1.13. The monoisotopic (exact) mass is 449 g/mol. The summed E-state index contributed by atoms with van der Waals surface area (Å²) in [6.07, 6.45) is 2.34. The van der Waals surface area contributed by atoms with Gasteiger partial charge in [0, 0.05) is 44.7 Å². The summed E-state index contributed by atoms with van der Waals surface area (Å²) in [7, 11) is -0.272. The Morgan fingerprint density at radius 1 is 1.24 bits per heavy atom. The number of hydrogen-bond acceptors (Lipinski definition) is 5. The van der Waals surface area contributed by atoms with Gasteiger partial charge in [-0.1, -0.05) is 29.8 Å². The van der Waals surface area contributed by atoms with Crippen molar-refractivity contribution in [2.45, 2.75) is 17.2 Å². The number of benzene rings is 1. The van der Waals surface area contributed by atoms with E-state index < -0.39 is 10.0 Å². The zero-order chi connectivity index (χ0) is 20.8. The van der Waals surface area contributed by atoms with Crippen LogP contribution in [0.5, 0.6) is 0 Å². The SMILES string of the molecule is CN(C)C(=O)c1sc2ncccc2c1[C@@H]1CCN(S(=O)(=O)c2ccccc2Cl)C1. The van der Waals surface area contributed by atoms with E-state index in [0.29, 0.717) is 24.4 Å². The third-order valence-electron chi connectivity index (χ3n) is 5.12. The van der Waals surface area contributed by atoms with Crippen molar-refractivity contribution in [3.63, 3.8) is 0 Å². The second-order valence-corrected chi connectivity index (χ2v) is 10.5. The average molecular weight is 450 g/mol. The first-order chi connectivity index (χ1) is 13.8. The Bertz CT molecular complexity index is 1190. The molecule has 3 aromatic rings. The number of carbonyl (C=O) groups is 1. The summed E-state index contributed by atoms with van der Waals surface area (Å²) in [6, 6.07) is 10.3. The zero-order valence-corrected chi connectivity index (χ0v) is 18.4. The highest BCUT2D eigenvalue weighted by Gasteiger charge is 2.37. The molecule has 29 heavy (non-hydrogen) atoms. The molecule has 1 fully saturated rings. The first-order valence-corrected chi connectivity index (χ1v) is 11.8. The van der Waals surface area contributed by atoms with Crippen LogP contribution >= 0.6 is 22.9 Å². The van der Waals surface area contributed by atoms with Gasteiger partial charge >= 0.3 is 0 Å². The molecule has 0 saturated carbocycles. The summed E-state index contributed by atoms with van der Waals surface area (Å²) in [6.45, 7) is 0.688. The van der Waals surface area contributed by atoms with Crippen LogP contribution in [0, 0.1) is 0 Å². The highest BCUT2D eigenvalue weighted by molar-refractivity contribution is 7.89. The standard InChI is InChI=1S/C20H20ClN3O3S2/c1-23(2)20(25)18-17(14-6-5-10-22-19(14)28-18)13-9-11-24(12-13)29(26,27)16-8-4-3-7-15(16)21/h3-8,10,13H,9,11-12H2,1-2H3/t13-/m1/s1. The van der Waals surface area contributed by atoms with E-state index in [4.69, 9.17) is 11.6 Å². The Kier molecular flexibility index (Phi) is 5.37. The minimum atomic E-state index is -3.70. The van der Waals surface area contributed by atoms with Crippen molar-refractivity contribution in [2.24, 2.45) is 0 Å². The molecule has 3 heterocycles. The Morgan fingerprint density at radius 2 is 2.00 bits per heavy atom. The molecule has 1 saturated heterocycles. The molecule has 0 radical (unpaired) electrons. The number of halogens is 1. The van der Waals surface area contributed by atoms with Crippen LogP contribution in [0.2, 0.25) is 5.02 Å². The minimum Gasteiger partial charge on any atom is -0.344 e. The van der Waals surface area contributed by atoms with Crippen LogP contribution in [0.1, 0.15) is 27.6 Å². The lowest BCUT2D eigenvalue weighted by Crippen LogP contribution is -2.29. The maximum atomic E-state index is 13.1. The van der Waals surface area contributed by atoms with Gasteiger partial charge in [0.25, 0.3) is 5.91 Å². The van der Waals surface area contributed by atoms with E-state index in [9.17, 15) is 13.2 Å². The van der Waals surface area contributed by atoms with E-state index in [2.05, 4.69) is 4.98 Å². The van der Waals surface area contributed by atoms with Crippen LogP contribution in [0.15, 0.2) is 47.5 Å². The Morgan fingerprint density at radius 3 is 2.72 bits per heavy atom. The molecule has 9 heteroatoms. The Balaban J connectivity index is 1.73. The number of aromatic nitrogens is 1. The molecule has 6 nitrogen and oxygen atoms in total. The van der Waals surface area contributed by atoms with Gasteiger partial charge in [0.2, 0.25) is 10.0 Å². The molecule has 0 N–H and O–H groups in total. The fourth-order valence-corrected chi connectivity index (χ4v) is 6.94. The summed E-state index contributed by atoms with van der Waals surface area (Å²) < 4.78 is 27.7. The van der Waals surface area contributed by atoms with Gasteiger partial charge in [0.15, 0.2) is 0 Å². The molecule has 0 spiro atoms. The molecular formula is C20H20ClN3O3S2. The van der Waals surface area contributed by atoms with Gasteiger partial charge in [-0.2, -0.15) is 4.31 Å². The van der Waals surface area contributed by atoms with Gasteiger partial charge in [0.05, 0.1) is 9.90 Å². The number of amides is 1. The van der Waals surface area contributed by atoms with Crippen LogP contribution in [0.3, 0.4) is 0 Å². The van der Waals surface area contributed by atoms with Crippen molar-refractivity contribution in [3.8, 4) is 0 Å². The number of nitrogens with zero attached hydrogens (tertiary/aromatic N) is 3. The Hall–Kier alpha value is -2.00. The number of pyridine rings is 1. The van der Waals surface area contributed by atoms with Crippen LogP contribution in [-0.2, 0) is 10.0 Å². The van der Waals surface area contributed by atoms with Crippen LogP contribution < -0.4 is 0 Å². The number of thiophene rings is 1. The predicted molar refractivity (Wildman–Crippen MR) is 115 cm³/mol. The minimum absolute atomic E-state index is 0.0795. The molecule has 1 amide bonds. The van der Waals surface area contributed by atoms with E-state index in [-0.39, 0.29) is 21.7 Å². The third-order valence-corrected chi connectivity index (χ3v) is 8.60. The van der Waals surface area contributed by atoms with E-state index in [1.807, 2.05) is 12.1 Å². The van der Waals surface area contributed by atoms with Crippen molar-refractivity contribution < 1.29 is 13.2 Å². The molecule has 0 unspecified atom stereocenters. The largest absolute Gasteiger partial charge is 0.344 e. The number of hydrogen-bond donors (Lipinski definition) is 0. The first-order valence-electron chi connectivity index (χ1n) is 9.14. The summed E-state index contributed by atoms with van der Waals surface area (Å²) in [4.78, 5) is 20.3. The van der Waals surface area contributed by atoms with Crippen LogP contribution in [0.4, 0.5) is 0 Å². The van der Waals surface area contributed by atoms with Crippen molar-refractivity contribution in [2.75, 3.05) is 27.2 Å². The fourth-order valence-electron chi connectivity index (χ4n) is 3.69. The zero-order valence-electron chi connectivity index (χ0n) is 16.0. The molecule has 4 rings (SSSR count). The molecule has 1 aliphatic heterocycles. The van der Waals surface area contributed by atoms with E-state index >= 15 is 0 Å². The predicted octanol–water partition coefficient (Wildman–Crippen LogP) is 3.83.